The van der Waals surface area contributed by atoms with E-state index in [0.29, 0.717) is 44.0 Å². The Labute approximate surface area is 313 Å². The molecule has 0 unspecified atom stereocenters. The van der Waals surface area contributed by atoms with Crippen molar-refractivity contribution in [2.45, 2.75) is 79.4 Å². The van der Waals surface area contributed by atoms with Gasteiger partial charge in [-0.1, -0.05) is 33.8 Å². The number of esters is 1. The molecule has 0 bridgehead atoms. The van der Waals surface area contributed by atoms with Crippen molar-refractivity contribution in [2.24, 2.45) is 41.9 Å². The molecule has 0 spiro atoms. The van der Waals surface area contributed by atoms with Gasteiger partial charge in [-0.15, -0.1) is 0 Å². The summed E-state index contributed by atoms with van der Waals surface area (Å²) in [5, 5.41) is 2.91. The zero-order chi connectivity index (χ0) is 39.3. The standard InChI is InChI=1S/C38H59N5O10/c1-24(2)27(15-26-11-12-31(49-9)33(16-26)50-14-10-13-48-8)17-29-32(18-28(25(3)4)34(44)41-20-38(5,6)36(39)46)51-22-43(29)37(47)53-23-52-35(45)30-19-40-21-42(30)7/h11-12,16,19,21,24-25,27-29,32H,10,13-15,17-18,20,22-23H2,1-9H3,(H2,39,46)(H,41,44)/t27-,28-,29-,32-/m0/s1. The van der Waals surface area contributed by atoms with Gasteiger partial charge in [-0.25, -0.2) is 14.6 Å². The van der Waals surface area contributed by atoms with Gasteiger partial charge in [0.2, 0.25) is 18.6 Å². The van der Waals surface area contributed by atoms with E-state index in [2.05, 4.69) is 24.1 Å². The van der Waals surface area contributed by atoms with Crippen LogP contribution in [0, 0.1) is 29.1 Å². The lowest BCUT2D eigenvalue weighted by Crippen LogP contribution is -2.47. The van der Waals surface area contributed by atoms with Gasteiger partial charge in [0.1, 0.15) is 12.4 Å². The highest BCUT2D eigenvalue weighted by Crippen LogP contribution is 2.36. The molecule has 296 valence electrons. The quantitative estimate of drug-likeness (QED) is 0.106. The van der Waals surface area contributed by atoms with Crippen LogP contribution in [-0.4, -0.2) is 98.0 Å². The summed E-state index contributed by atoms with van der Waals surface area (Å²) in [6.45, 7) is 12.0. The second-order valence-corrected chi connectivity index (χ2v) is 14.9. The van der Waals surface area contributed by atoms with Gasteiger partial charge in [-0.05, 0) is 68.6 Å². The van der Waals surface area contributed by atoms with E-state index in [4.69, 9.17) is 34.2 Å². The third-order valence-electron chi connectivity index (χ3n) is 9.85. The molecule has 15 heteroatoms. The van der Waals surface area contributed by atoms with Crippen LogP contribution in [0.15, 0.2) is 30.7 Å². The largest absolute Gasteiger partial charge is 0.493 e. The average Bonchev–Trinajstić information content (AvgIpc) is 3.72. The maximum Gasteiger partial charge on any atom is 0.414 e. The molecule has 1 aromatic heterocycles. The number of nitrogens with two attached hydrogens (primary N) is 1. The summed E-state index contributed by atoms with van der Waals surface area (Å²) in [5.74, 6) is -0.451. The first-order chi connectivity index (χ1) is 25.1. The number of hydrogen-bond donors (Lipinski definition) is 2. The number of primary amides is 1. The molecule has 3 N–H and O–H groups in total. The second-order valence-electron chi connectivity index (χ2n) is 14.9. The Morgan fingerprint density at radius 1 is 1.04 bits per heavy atom. The van der Waals surface area contributed by atoms with Crippen LogP contribution in [0.5, 0.6) is 11.5 Å². The van der Waals surface area contributed by atoms with Crippen LogP contribution in [0.25, 0.3) is 0 Å². The van der Waals surface area contributed by atoms with E-state index in [-0.39, 0.29) is 42.6 Å². The second kappa shape index (κ2) is 20.2. The summed E-state index contributed by atoms with van der Waals surface area (Å²) in [4.78, 5) is 57.0. The van der Waals surface area contributed by atoms with Crippen molar-refractivity contribution in [3.05, 3.63) is 42.0 Å². The van der Waals surface area contributed by atoms with Gasteiger partial charge in [-0.3, -0.25) is 14.5 Å². The van der Waals surface area contributed by atoms with Crippen molar-refractivity contribution >= 4 is 23.9 Å². The van der Waals surface area contributed by atoms with Gasteiger partial charge >= 0.3 is 12.1 Å². The van der Waals surface area contributed by atoms with Gasteiger partial charge in [0.15, 0.2) is 11.5 Å². The first kappa shape index (κ1) is 43.0. The van der Waals surface area contributed by atoms with E-state index >= 15 is 0 Å². The third-order valence-corrected chi connectivity index (χ3v) is 9.85. The maximum absolute atomic E-state index is 13.6. The molecule has 53 heavy (non-hydrogen) atoms. The number of ether oxygens (including phenoxy) is 6. The number of imidazole rings is 1. The minimum atomic E-state index is -0.925. The normalized spacial score (nSPS) is 17.1. The number of rotatable bonds is 21. The van der Waals surface area contributed by atoms with E-state index in [1.807, 2.05) is 32.0 Å². The summed E-state index contributed by atoms with van der Waals surface area (Å²) in [6.07, 6.45) is 3.85. The van der Waals surface area contributed by atoms with Crippen LogP contribution >= 0.6 is 0 Å². The first-order valence-corrected chi connectivity index (χ1v) is 18.1. The molecular weight excluding hydrogens is 686 g/mol. The van der Waals surface area contributed by atoms with E-state index in [0.717, 1.165) is 12.0 Å². The Bertz CT molecular complexity index is 1510. The number of carbonyl (C=O) groups excluding carboxylic acids is 4. The molecule has 1 aromatic carbocycles. The molecular formula is C38H59N5O10. The van der Waals surface area contributed by atoms with E-state index < -0.39 is 48.2 Å². The average molecular weight is 746 g/mol. The van der Waals surface area contributed by atoms with Gasteiger partial charge in [0.25, 0.3) is 0 Å². The fourth-order valence-electron chi connectivity index (χ4n) is 6.13. The minimum absolute atomic E-state index is 0.0691. The highest BCUT2D eigenvalue weighted by molar-refractivity contribution is 5.87. The lowest BCUT2D eigenvalue weighted by molar-refractivity contribution is -0.130. The summed E-state index contributed by atoms with van der Waals surface area (Å²) >= 11 is 0. The van der Waals surface area contributed by atoms with Crippen LogP contribution in [0.3, 0.4) is 0 Å². The molecule has 1 aliphatic heterocycles. The molecule has 15 nitrogen and oxygen atoms in total. The van der Waals surface area contributed by atoms with E-state index in [1.165, 1.54) is 22.0 Å². The number of amides is 3. The fourth-order valence-corrected chi connectivity index (χ4v) is 6.13. The highest BCUT2D eigenvalue weighted by atomic mass is 16.7. The Balaban J connectivity index is 1.84. The van der Waals surface area contributed by atoms with Gasteiger partial charge < -0.3 is 44.0 Å². The third kappa shape index (κ3) is 12.3. The Morgan fingerprint density at radius 2 is 1.77 bits per heavy atom. The zero-order valence-corrected chi connectivity index (χ0v) is 32.7. The molecule has 4 atom stereocenters. The maximum atomic E-state index is 13.6. The topological polar surface area (TPSA) is 183 Å². The number of nitrogens with zero attached hydrogens (tertiary/aromatic N) is 3. The van der Waals surface area contributed by atoms with Crippen molar-refractivity contribution in [1.29, 1.82) is 0 Å². The molecule has 0 radical (unpaired) electrons. The smallest absolute Gasteiger partial charge is 0.414 e. The molecule has 2 heterocycles. The lowest BCUT2D eigenvalue weighted by Gasteiger charge is -2.33. The summed E-state index contributed by atoms with van der Waals surface area (Å²) in [6, 6.07) is 5.41. The van der Waals surface area contributed by atoms with Crippen molar-refractivity contribution in [3.8, 4) is 11.5 Å². The molecule has 0 aliphatic carbocycles. The fraction of sp³-hybridized carbons (Fsp3) is 0.658. The molecule has 1 saturated heterocycles. The van der Waals surface area contributed by atoms with Gasteiger partial charge in [0.05, 0.1) is 43.8 Å². The van der Waals surface area contributed by atoms with Crippen LogP contribution in [0.4, 0.5) is 4.79 Å². The number of benzene rings is 1. The molecule has 1 aliphatic rings. The van der Waals surface area contributed by atoms with Crippen molar-refractivity contribution < 1.29 is 47.6 Å². The number of aryl methyl sites for hydroxylation is 1. The SMILES string of the molecule is COCCCOc1cc(C[C@@H](C[C@H]2[C@H](C[C@H](C(=O)NCC(C)(C)C(N)=O)C(C)C)OCN2C(=O)OCOC(=O)c2cncn2C)C(C)C)ccc1OC. The van der Waals surface area contributed by atoms with Crippen LogP contribution in [0.2, 0.25) is 0 Å². The number of carbonyl (C=O) groups is 4. The van der Waals surface area contributed by atoms with Gasteiger partial charge in [-0.2, -0.15) is 0 Å². The van der Waals surface area contributed by atoms with E-state index in [9.17, 15) is 19.2 Å². The monoisotopic (exact) mass is 745 g/mol. The minimum Gasteiger partial charge on any atom is -0.493 e. The van der Waals surface area contributed by atoms with Crippen molar-refractivity contribution in [2.75, 3.05) is 47.5 Å². The zero-order valence-electron chi connectivity index (χ0n) is 32.7. The molecule has 0 saturated carbocycles. The summed E-state index contributed by atoms with van der Waals surface area (Å²) in [7, 11) is 4.90. The van der Waals surface area contributed by atoms with Gasteiger partial charge in [0, 0.05) is 39.6 Å². The molecule has 2 aromatic rings. The number of hydrogen-bond acceptors (Lipinski definition) is 11. The molecule has 3 rings (SSSR count). The lowest BCUT2D eigenvalue weighted by atomic mass is 9.80. The Morgan fingerprint density at radius 3 is 2.38 bits per heavy atom. The predicted molar refractivity (Wildman–Crippen MR) is 196 cm³/mol. The van der Waals surface area contributed by atoms with Crippen LogP contribution < -0.4 is 20.5 Å². The summed E-state index contributed by atoms with van der Waals surface area (Å²) < 4.78 is 35.1. The van der Waals surface area contributed by atoms with E-state index in [1.54, 1.807) is 35.1 Å². The van der Waals surface area contributed by atoms with Crippen LogP contribution in [0.1, 0.15) is 76.9 Å². The van der Waals surface area contributed by atoms with Crippen molar-refractivity contribution in [3.63, 3.8) is 0 Å². The Hall–Kier alpha value is -4.37. The molecule has 1 fully saturated rings. The number of methoxy groups -OCH3 is 2. The first-order valence-electron chi connectivity index (χ1n) is 18.1. The molecule has 3 amide bonds. The van der Waals surface area contributed by atoms with Crippen LogP contribution in [-0.2, 0) is 42.0 Å². The van der Waals surface area contributed by atoms with Crippen molar-refractivity contribution in [1.82, 2.24) is 19.8 Å². The number of nitrogens with one attached hydrogen (secondary N) is 1. The Kier molecular flexibility index (Phi) is 16.4. The predicted octanol–water partition coefficient (Wildman–Crippen LogP) is 4.32. The highest BCUT2D eigenvalue weighted by Gasteiger charge is 2.43. The number of aromatic nitrogens is 2. The summed E-state index contributed by atoms with van der Waals surface area (Å²) in [5.41, 5.74) is 5.86.